The molecule has 28 heavy (non-hydrogen) atoms. The molecule has 0 amide bonds. The van der Waals surface area contributed by atoms with Gasteiger partial charge in [-0.05, 0) is 48.9 Å². The molecule has 2 aromatic carbocycles. The lowest BCUT2D eigenvalue weighted by atomic mass is 10.2. The molecule has 0 unspecified atom stereocenters. The Balaban J connectivity index is 1.97. The Morgan fingerprint density at radius 1 is 0.929 bits per heavy atom. The van der Waals surface area contributed by atoms with Crippen LogP contribution in [0.2, 0.25) is 0 Å². The highest BCUT2D eigenvalue weighted by Gasteiger charge is 2.18. The molecule has 6 nitrogen and oxygen atoms in total. The van der Waals surface area contributed by atoms with Crippen molar-refractivity contribution in [1.82, 2.24) is 18.7 Å². The molecule has 0 saturated carbocycles. The summed E-state index contributed by atoms with van der Waals surface area (Å²) in [4.78, 5) is 30.1. The minimum absolute atomic E-state index is 0.177. The second-order valence-corrected chi connectivity index (χ2v) is 6.31. The molecule has 8 heteroatoms. The fourth-order valence-corrected chi connectivity index (χ4v) is 3.19. The smallest absolute Gasteiger partial charge is 0.320 e. The summed E-state index contributed by atoms with van der Waals surface area (Å²) in [6.07, 6.45) is 1.47. The molecule has 0 aliphatic rings. The van der Waals surface area contributed by atoms with Crippen LogP contribution in [0.3, 0.4) is 0 Å². The Bertz CT molecular complexity index is 1270. The van der Waals surface area contributed by atoms with E-state index in [2.05, 4.69) is 4.98 Å². The van der Waals surface area contributed by atoms with E-state index >= 15 is 0 Å². The minimum atomic E-state index is -0.543. The summed E-state index contributed by atoms with van der Waals surface area (Å²) in [5, 5.41) is 0. The first-order valence-corrected chi connectivity index (χ1v) is 8.70. The first-order valence-electron chi connectivity index (χ1n) is 8.70. The number of hydrogen-bond donors (Lipinski definition) is 0. The summed E-state index contributed by atoms with van der Waals surface area (Å²) in [5.74, 6) is -0.781. The van der Waals surface area contributed by atoms with Crippen molar-refractivity contribution in [3.8, 4) is 5.69 Å². The highest BCUT2D eigenvalue weighted by molar-refractivity contribution is 5.72. The second kappa shape index (κ2) is 6.88. The third kappa shape index (κ3) is 2.92. The van der Waals surface area contributed by atoms with Gasteiger partial charge in [-0.25, -0.2) is 23.1 Å². The fraction of sp³-hybridized carbons (Fsp3) is 0.150. The Morgan fingerprint density at radius 2 is 1.54 bits per heavy atom. The number of rotatable bonds is 4. The van der Waals surface area contributed by atoms with Crippen molar-refractivity contribution >= 4 is 11.2 Å². The molecule has 2 heterocycles. The van der Waals surface area contributed by atoms with E-state index in [0.717, 1.165) is 10.1 Å². The molecule has 0 bridgehead atoms. The first kappa shape index (κ1) is 17.8. The quantitative estimate of drug-likeness (QED) is 0.545. The molecule has 0 aliphatic heterocycles. The van der Waals surface area contributed by atoms with E-state index in [4.69, 9.17) is 0 Å². The van der Waals surface area contributed by atoms with Crippen LogP contribution in [-0.4, -0.2) is 18.7 Å². The van der Waals surface area contributed by atoms with Gasteiger partial charge < -0.3 is 4.57 Å². The van der Waals surface area contributed by atoms with Crippen LogP contribution in [0.5, 0.6) is 0 Å². The molecule has 0 fully saturated rings. The van der Waals surface area contributed by atoms with Gasteiger partial charge in [0.1, 0.15) is 11.6 Å². The van der Waals surface area contributed by atoms with E-state index in [1.165, 1.54) is 47.3 Å². The van der Waals surface area contributed by atoms with E-state index in [0.29, 0.717) is 5.69 Å². The highest BCUT2D eigenvalue weighted by Crippen LogP contribution is 2.15. The van der Waals surface area contributed by atoms with Crippen molar-refractivity contribution in [2.45, 2.75) is 20.0 Å². The van der Waals surface area contributed by atoms with Crippen LogP contribution in [0.4, 0.5) is 8.78 Å². The summed E-state index contributed by atoms with van der Waals surface area (Å²) in [6.45, 7) is 2.16. The molecule has 0 N–H and O–H groups in total. The lowest BCUT2D eigenvalue weighted by Gasteiger charge is -2.11. The van der Waals surface area contributed by atoms with Crippen molar-refractivity contribution < 1.29 is 8.78 Å². The Labute approximate surface area is 157 Å². The average Bonchev–Trinajstić information content (AvgIpc) is 3.09. The molecule has 0 saturated heterocycles. The van der Waals surface area contributed by atoms with Gasteiger partial charge in [-0.15, -0.1) is 0 Å². The van der Waals surface area contributed by atoms with Gasteiger partial charge in [0.15, 0.2) is 11.2 Å². The largest absolute Gasteiger partial charge is 0.337 e. The van der Waals surface area contributed by atoms with E-state index in [1.54, 1.807) is 23.6 Å². The van der Waals surface area contributed by atoms with Crippen molar-refractivity contribution in [2.24, 2.45) is 0 Å². The van der Waals surface area contributed by atoms with Gasteiger partial charge in [0.25, 0.3) is 5.56 Å². The summed E-state index contributed by atoms with van der Waals surface area (Å²) in [5.41, 5.74) is 0.621. The summed E-state index contributed by atoms with van der Waals surface area (Å²) < 4.78 is 30.5. The Morgan fingerprint density at radius 3 is 2.14 bits per heavy atom. The predicted octanol–water partition coefficient (Wildman–Crippen LogP) is 2.70. The highest BCUT2D eigenvalue weighted by atomic mass is 19.1. The van der Waals surface area contributed by atoms with Gasteiger partial charge in [-0.3, -0.25) is 9.36 Å². The maximum absolute atomic E-state index is 13.3. The molecule has 2 aromatic heterocycles. The fourth-order valence-electron chi connectivity index (χ4n) is 3.19. The van der Waals surface area contributed by atoms with Crippen molar-refractivity contribution in [3.05, 3.63) is 92.9 Å². The van der Waals surface area contributed by atoms with Crippen LogP contribution in [0.15, 0.2) is 64.4 Å². The van der Waals surface area contributed by atoms with Gasteiger partial charge in [0, 0.05) is 13.1 Å². The number of halogens is 2. The van der Waals surface area contributed by atoms with E-state index in [9.17, 15) is 18.4 Å². The van der Waals surface area contributed by atoms with Crippen molar-refractivity contribution in [3.63, 3.8) is 0 Å². The zero-order valence-corrected chi connectivity index (χ0v) is 15.0. The summed E-state index contributed by atoms with van der Waals surface area (Å²) >= 11 is 0. The first-order chi connectivity index (χ1) is 13.5. The SMILES string of the molecule is CCn1c(=O)c2c(ncn2Cc2ccc(F)cc2)n(-c2ccc(F)cc2)c1=O. The number of hydrogen-bond acceptors (Lipinski definition) is 3. The van der Waals surface area contributed by atoms with Crippen LogP contribution in [0.25, 0.3) is 16.9 Å². The van der Waals surface area contributed by atoms with Crippen LogP contribution in [0.1, 0.15) is 12.5 Å². The minimum Gasteiger partial charge on any atom is -0.320 e. The Kier molecular flexibility index (Phi) is 4.38. The van der Waals surface area contributed by atoms with Crippen LogP contribution in [0, 0.1) is 11.6 Å². The molecule has 142 valence electrons. The van der Waals surface area contributed by atoms with Crippen LogP contribution in [-0.2, 0) is 13.1 Å². The average molecular weight is 382 g/mol. The normalized spacial score (nSPS) is 11.2. The van der Waals surface area contributed by atoms with Gasteiger partial charge in [0.2, 0.25) is 0 Å². The molecule has 0 atom stereocenters. The zero-order chi connectivity index (χ0) is 19.8. The maximum atomic E-state index is 13.3. The van der Waals surface area contributed by atoms with Crippen LogP contribution >= 0.6 is 0 Å². The number of fused-ring (bicyclic) bond motifs is 1. The van der Waals surface area contributed by atoms with Crippen molar-refractivity contribution in [1.29, 1.82) is 0 Å². The van der Waals surface area contributed by atoms with E-state index in [1.807, 2.05) is 0 Å². The molecule has 0 radical (unpaired) electrons. The van der Waals surface area contributed by atoms with Gasteiger partial charge in [0.05, 0.1) is 12.0 Å². The number of benzene rings is 2. The lowest BCUT2D eigenvalue weighted by molar-refractivity contribution is 0.625. The third-order valence-electron chi connectivity index (χ3n) is 4.57. The van der Waals surface area contributed by atoms with Crippen molar-refractivity contribution in [2.75, 3.05) is 0 Å². The number of aromatic nitrogens is 4. The van der Waals surface area contributed by atoms with Gasteiger partial charge in [-0.1, -0.05) is 12.1 Å². The summed E-state index contributed by atoms with van der Waals surface area (Å²) in [6, 6.07) is 11.3. The summed E-state index contributed by atoms with van der Waals surface area (Å²) in [7, 11) is 0. The van der Waals surface area contributed by atoms with Gasteiger partial charge in [-0.2, -0.15) is 0 Å². The predicted molar refractivity (Wildman–Crippen MR) is 101 cm³/mol. The standard InChI is InChI=1S/C20H16F2N4O2/c1-2-25-19(27)17-18(26(20(25)28)16-9-7-15(22)8-10-16)23-12-24(17)11-13-3-5-14(21)6-4-13/h3-10,12H,2,11H2,1H3. The second-order valence-electron chi connectivity index (χ2n) is 6.31. The topological polar surface area (TPSA) is 61.8 Å². The number of imidazole rings is 1. The van der Waals surface area contributed by atoms with E-state index < -0.39 is 17.1 Å². The lowest BCUT2D eigenvalue weighted by Crippen LogP contribution is -2.39. The third-order valence-corrected chi connectivity index (χ3v) is 4.57. The zero-order valence-electron chi connectivity index (χ0n) is 15.0. The monoisotopic (exact) mass is 382 g/mol. The molecular weight excluding hydrogens is 366 g/mol. The van der Waals surface area contributed by atoms with Crippen LogP contribution < -0.4 is 11.2 Å². The molecule has 4 rings (SSSR count). The van der Waals surface area contributed by atoms with E-state index in [-0.39, 0.29) is 30.1 Å². The Hall–Kier alpha value is -3.55. The molecular formula is C20H16F2N4O2. The molecule has 4 aromatic rings. The maximum Gasteiger partial charge on any atom is 0.337 e. The number of nitrogens with zero attached hydrogens (tertiary/aromatic N) is 4. The van der Waals surface area contributed by atoms with Gasteiger partial charge >= 0.3 is 5.69 Å². The molecule has 0 aliphatic carbocycles. The molecule has 0 spiro atoms.